The molecule has 1 heterocycles. The standard InChI is InChI=1S/C22H24N4O3S/c27-22(25-20-18-8-2-4-14(18)12-15-5-3-9-19(15)20)26-30(28,29)17-7-1-6-16(13-17)21-23-10-11-24-21/h1,6-7,12-13H,2-5,8-11H2,(H,23,24)(H2,25,26,27). The number of amides is 2. The second-order valence-electron chi connectivity index (χ2n) is 7.98. The number of hydrogen-bond acceptors (Lipinski definition) is 5. The summed E-state index contributed by atoms with van der Waals surface area (Å²) in [4.78, 5) is 17.1. The number of fused-ring (bicyclic) bond motifs is 2. The molecule has 2 aromatic rings. The van der Waals surface area contributed by atoms with Crippen LogP contribution in [-0.2, 0) is 35.7 Å². The number of aliphatic imine (C=N–C) groups is 1. The van der Waals surface area contributed by atoms with Gasteiger partial charge in [-0.05, 0) is 72.9 Å². The smallest absolute Gasteiger partial charge is 0.333 e. The van der Waals surface area contributed by atoms with Crippen LogP contribution in [-0.4, -0.2) is 33.4 Å². The zero-order valence-electron chi connectivity index (χ0n) is 16.6. The molecule has 1 aliphatic heterocycles. The van der Waals surface area contributed by atoms with Crippen molar-refractivity contribution in [3.05, 3.63) is 58.1 Å². The third kappa shape index (κ3) is 3.45. The molecule has 0 aromatic heterocycles. The Morgan fingerprint density at radius 2 is 1.73 bits per heavy atom. The molecule has 0 unspecified atom stereocenters. The van der Waals surface area contributed by atoms with Crippen LogP contribution in [0, 0.1) is 0 Å². The number of sulfonamides is 1. The molecule has 0 spiro atoms. The minimum Gasteiger partial charge on any atom is -0.368 e. The Balaban J connectivity index is 1.38. The first-order chi connectivity index (χ1) is 14.5. The summed E-state index contributed by atoms with van der Waals surface area (Å²) in [5.41, 5.74) is 6.40. The van der Waals surface area contributed by atoms with Crippen LogP contribution in [0.5, 0.6) is 0 Å². The monoisotopic (exact) mass is 424 g/mol. The van der Waals surface area contributed by atoms with Gasteiger partial charge >= 0.3 is 6.03 Å². The molecule has 0 radical (unpaired) electrons. The first kappa shape index (κ1) is 19.1. The maximum atomic E-state index is 12.8. The average Bonchev–Trinajstić information content (AvgIpc) is 3.48. The third-order valence-electron chi connectivity index (χ3n) is 6.03. The summed E-state index contributed by atoms with van der Waals surface area (Å²) in [6.07, 6.45) is 6.00. The van der Waals surface area contributed by atoms with Crippen LogP contribution < -0.4 is 15.4 Å². The second-order valence-corrected chi connectivity index (χ2v) is 9.66. The van der Waals surface area contributed by atoms with Crippen molar-refractivity contribution in [2.75, 3.05) is 18.4 Å². The number of benzene rings is 2. The Hall–Kier alpha value is -2.87. The molecule has 156 valence electrons. The number of aryl methyl sites for hydroxylation is 2. The Labute approximate surface area is 176 Å². The van der Waals surface area contributed by atoms with E-state index in [1.165, 1.54) is 23.3 Å². The summed E-state index contributed by atoms with van der Waals surface area (Å²) < 4.78 is 27.9. The van der Waals surface area contributed by atoms with Gasteiger partial charge in [0.15, 0.2) is 0 Å². The van der Waals surface area contributed by atoms with Crippen LogP contribution in [0.4, 0.5) is 10.5 Å². The quantitative estimate of drug-likeness (QED) is 0.702. The van der Waals surface area contributed by atoms with E-state index in [4.69, 9.17) is 0 Å². The summed E-state index contributed by atoms with van der Waals surface area (Å²) in [5, 5.41) is 6.00. The summed E-state index contributed by atoms with van der Waals surface area (Å²) in [7, 11) is -4.00. The van der Waals surface area contributed by atoms with Gasteiger partial charge in [0.2, 0.25) is 0 Å². The molecular weight excluding hydrogens is 400 g/mol. The molecule has 0 saturated carbocycles. The van der Waals surface area contributed by atoms with Crippen LogP contribution in [0.25, 0.3) is 0 Å². The van der Waals surface area contributed by atoms with E-state index in [0.717, 1.165) is 61.9 Å². The normalized spacial score (nSPS) is 17.1. The molecule has 7 nitrogen and oxygen atoms in total. The molecule has 8 heteroatoms. The number of rotatable bonds is 4. The number of carbonyl (C=O) groups is 1. The molecule has 0 bridgehead atoms. The van der Waals surface area contributed by atoms with Gasteiger partial charge in [0.25, 0.3) is 10.0 Å². The van der Waals surface area contributed by atoms with Gasteiger partial charge in [0.05, 0.1) is 11.4 Å². The van der Waals surface area contributed by atoms with Crippen LogP contribution >= 0.6 is 0 Å². The van der Waals surface area contributed by atoms with Crippen LogP contribution in [0.2, 0.25) is 0 Å². The lowest BCUT2D eigenvalue weighted by Gasteiger charge is -2.16. The van der Waals surface area contributed by atoms with Crippen molar-refractivity contribution in [3.8, 4) is 0 Å². The van der Waals surface area contributed by atoms with Crippen molar-refractivity contribution >= 4 is 27.6 Å². The SMILES string of the molecule is O=C(Nc1c2c(cc3c1CCC3)CCC2)NS(=O)(=O)c1cccc(C2=NCCN2)c1. The van der Waals surface area contributed by atoms with Gasteiger partial charge in [0.1, 0.15) is 5.84 Å². The van der Waals surface area contributed by atoms with Gasteiger partial charge in [-0.2, -0.15) is 0 Å². The predicted molar refractivity (Wildman–Crippen MR) is 116 cm³/mol. The van der Waals surface area contributed by atoms with E-state index < -0.39 is 16.1 Å². The molecule has 3 N–H and O–H groups in total. The van der Waals surface area contributed by atoms with Crippen LogP contribution in [0.1, 0.15) is 40.7 Å². The number of amidine groups is 1. The van der Waals surface area contributed by atoms with E-state index in [0.29, 0.717) is 17.9 Å². The van der Waals surface area contributed by atoms with E-state index >= 15 is 0 Å². The minimum absolute atomic E-state index is 0.0371. The fraction of sp³-hybridized carbons (Fsp3) is 0.364. The Kier molecular flexibility index (Phi) is 4.73. The molecule has 2 aliphatic carbocycles. The summed E-state index contributed by atoms with van der Waals surface area (Å²) in [6.45, 7) is 1.40. The number of urea groups is 1. The molecule has 2 aromatic carbocycles. The van der Waals surface area contributed by atoms with E-state index in [2.05, 4.69) is 26.4 Å². The average molecular weight is 425 g/mol. The van der Waals surface area contributed by atoms with E-state index in [1.54, 1.807) is 12.1 Å². The fourth-order valence-electron chi connectivity index (χ4n) is 4.69. The molecule has 0 fully saturated rings. The third-order valence-corrected chi connectivity index (χ3v) is 7.36. The highest BCUT2D eigenvalue weighted by Gasteiger charge is 2.26. The summed E-state index contributed by atoms with van der Waals surface area (Å²) in [6, 6.07) is 8.02. The van der Waals surface area contributed by atoms with Crippen molar-refractivity contribution < 1.29 is 13.2 Å². The highest BCUT2D eigenvalue weighted by molar-refractivity contribution is 7.90. The molecule has 30 heavy (non-hydrogen) atoms. The predicted octanol–water partition coefficient (Wildman–Crippen LogP) is 2.52. The molecule has 3 aliphatic rings. The molecule has 0 atom stereocenters. The lowest BCUT2D eigenvalue weighted by Crippen LogP contribution is -2.35. The summed E-state index contributed by atoms with van der Waals surface area (Å²) >= 11 is 0. The topological polar surface area (TPSA) is 99.7 Å². The number of nitrogens with one attached hydrogen (secondary N) is 3. The van der Waals surface area contributed by atoms with Crippen molar-refractivity contribution in [1.29, 1.82) is 0 Å². The van der Waals surface area contributed by atoms with Gasteiger partial charge in [-0.1, -0.05) is 18.2 Å². The Morgan fingerprint density at radius 3 is 2.40 bits per heavy atom. The summed E-state index contributed by atoms with van der Waals surface area (Å²) in [5.74, 6) is 0.673. The first-order valence-electron chi connectivity index (χ1n) is 10.4. The highest BCUT2D eigenvalue weighted by Crippen LogP contribution is 2.38. The number of hydrogen-bond donors (Lipinski definition) is 3. The van der Waals surface area contributed by atoms with E-state index in [9.17, 15) is 13.2 Å². The van der Waals surface area contributed by atoms with Crippen LogP contribution in [0.3, 0.4) is 0 Å². The van der Waals surface area contributed by atoms with Gasteiger partial charge in [0, 0.05) is 17.8 Å². The number of carbonyl (C=O) groups excluding carboxylic acids is 1. The Morgan fingerprint density at radius 1 is 1.00 bits per heavy atom. The molecule has 0 saturated heterocycles. The maximum Gasteiger partial charge on any atom is 0.333 e. The molecule has 5 rings (SSSR count). The lowest BCUT2D eigenvalue weighted by molar-refractivity contribution is 0.256. The fourth-order valence-corrected chi connectivity index (χ4v) is 5.64. The zero-order chi connectivity index (χ0) is 20.7. The molecular formula is C22H24N4O3S. The van der Waals surface area contributed by atoms with Gasteiger partial charge < -0.3 is 10.6 Å². The van der Waals surface area contributed by atoms with E-state index in [1.807, 2.05) is 0 Å². The van der Waals surface area contributed by atoms with Crippen LogP contribution in [0.15, 0.2) is 40.2 Å². The highest BCUT2D eigenvalue weighted by atomic mass is 32.2. The number of nitrogens with zero attached hydrogens (tertiary/aromatic N) is 1. The number of anilines is 1. The minimum atomic E-state index is -4.00. The van der Waals surface area contributed by atoms with Crippen molar-refractivity contribution in [2.24, 2.45) is 4.99 Å². The zero-order valence-corrected chi connectivity index (χ0v) is 17.4. The lowest BCUT2D eigenvalue weighted by atomic mass is 9.99. The van der Waals surface area contributed by atoms with Crippen molar-refractivity contribution in [3.63, 3.8) is 0 Å². The molecule has 2 amide bonds. The Bertz CT molecular complexity index is 1140. The largest absolute Gasteiger partial charge is 0.368 e. The van der Waals surface area contributed by atoms with E-state index in [-0.39, 0.29) is 4.90 Å². The van der Waals surface area contributed by atoms with Gasteiger partial charge in [-0.25, -0.2) is 17.9 Å². The van der Waals surface area contributed by atoms with Gasteiger partial charge in [-0.15, -0.1) is 0 Å². The second kappa shape index (κ2) is 7.43. The van der Waals surface area contributed by atoms with Crippen molar-refractivity contribution in [1.82, 2.24) is 10.0 Å². The van der Waals surface area contributed by atoms with Crippen molar-refractivity contribution in [2.45, 2.75) is 43.4 Å². The maximum absolute atomic E-state index is 12.8. The van der Waals surface area contributed by atoms with Gasteiger partial charge in [-0.3, -0.25) is 4.99 Å². The first-order valence-corrected chi connectivity index (χ1v) is 11.9.